The topological polar surface area (TPSA) is 105 Å². The van der Waals surface area contributed by atoms with Crippen LogP contribution in [0.15, 0.2) is 27.4 Å². The Hall–Kier alpha value is -2.63. The molecule has 0 unspecified atom stereocenters. The summed E-state index contributed by atoms with van der Waals surface area (Å²) in [6.07, 6.45) is -0.896. The molecule has 2 rings (SSSR count). The second-order valence-electron chi connectivity index (χ2n) is 4.50. The molecule has 6 nitrogen and oxygen atoms in total. The molecule has 0 aliphatic carbocycles. The highest BCUT2D eigenvalue weighted by Crippen LogP contribution is 2.22. The largest absolute Gasteiger partial charge is 0.508 e. The summed E-state index contributed by atoms with van der Waals surface area (Å²) in [7, 11) is 0. The molecule has 0 amide bonds. The first-order chi connectivity index (χ1) is 9.36. The van der Waals surface area contributed by atoms with E-state index in [1.807, 2.05) is 0 Å². The summed E-state index contributed by atoms with van der Waals surface area (Å²) < 4.78 is 5.38. The number of aromatic hydroxyl groups is 1. The molecule has 104 valence electrons. The second kappa shape index (κ2) is 5.16. The molecule has 6 heteroatoms. The van der Waals surface area contributed by atoms with E-state index < -0.39 is 18.2 Å². The van der Waals surface area contributed by atoms with Crippen molar-refractivity contribution >= 4 is 22.7 Å². The Morgan fingerprint density at radius 3 is 2.60 bits per heavy atom. The van der Waals surface area contributed by atoms with Crippen molar-refractivity contribution in [2.45, 2.75) is 19.8 Å². The lowest BCUT2D eigenvalue weighted by atomic mass is 10.1. The molecule has 0 atom stereocenters. The zero-order chi connectivity index (χ0) is 14.9. The maximum atomic E-state index is 12.0. The lowest BCUT2D eigenvalue weighted by molar-refractivity contribution is -0.140. The van der Waals surface area contributed by atoms with Gasteiger partial charge in [0.1, 0.15) is 23.5 Å². The number of phenols is 1. The average Bonchev–Trinajstić information content (AvgIpc) is 2.25. The molecule has 2 N–H and O–H groups in total. The van der Waals surface area contributed by atoms with Crippen LogP contribution in [-0.4, -0.2) is 22.0 Å². The molecule has 0 spiro atoms. The van der Waals surface area contributed by atoms with Gasteiger partial charge in [-0.3, -0.25) is 14.4 Å². The number of carboxylic acids is 1. The fourth-order valence-electron chi connectivity index (χ4n) is 2.03. The van der Waals surface area contributed by atoms with Crippen LogP contribution in [0.25, 0.3) is 11.0 Å². The fourth-order valence-corrected chi connectivity index (χ4v) is 2.03. The van der Waals surface area contributed by atoms with Gasteiger partial charge in [0, 0.05) is 12.1 Å². The molecule has 20 heavy (non-hydrogen) atoms. The van der Waals surface area contributed by atoms with Gasteiger partial charge in [-0.15, -0.1) is 0 Å². The van der Waals surface area contributed by atoms with Gasteiger partial charge < -0.3 is 14.6 Å². The van der Waals surface area contributed by atoms with Crippen molar-refractivity contribution in [3.8, 4) is 5.75 Å². The molecular formula is C14H12O6. The van der Waals surface area contributed by atoms with Gasteiger partial charge in [0.2, 0.25) is 0 Å². The molecule has 1 heterocycles. The van der Waals surface area contributed by atoms with E-state index in [9.17, 15) is 19.5 Å². The number of aryl methyl sites for hydroxylation is 1. The number of phenolic OH excluding ortho intramolecular Hbond substituents is 1. The van der Waals surface area contributed by atoms with Crippen molar-refractivity contribution in [3.05, 3.63) is 39.7 Å². The Balaban J connectivity index is 2.45. The van der Waals surface area contributed by atoms with Crippen LogP contribution < -0.4 is 5.43 Å². The number of Topliss-reactive ketones (excluding diaryl/α,β-unsaturated/α-hetero) is 1. The smallest absolute Gasteiger partial charge is 0.310 e. The summed E-state index contributed by atoms with van der Waals surface area (Å²) in [5.74, 6) is -1.76. The van der Waals surface area contributed by atoms with E-state index in [0.29, 0.717) is 10.9 Å². The van der Waals surface area contributed by atoms with Crippen molar-refractivity contribution < 1.29 is 24.2 Å². The Bertz CT molecular complexity index is 756. The first-order valence-electron chi connectivity index (χ1n) is 5.86. The molecule has 0 radical (unpaired) electrons. The van der Waals surface area contributed by atoms with Crippen molar-refractivity contribution in [2.24, 2.45) is 0 Å². The predicted molar refractivity (Wildman–Crippen MR) is 69.8 cm³/mol. The van der Waals surface area contributed by atoms with Gasteiger partial charge in [0.05, 0.1) is 11.8 Å². The Morgan fingerprint density at radius 2 is 1.95 bits per heavy atom. The second-order valence-corrected chi connectivity index (χ2v) is 4.50. The van der Waals surface area contributed by atoms with E-state index in [-0.39, 0.29) is 28.9 Å². The minimum Gasteiger partial charge on any atom is -0.508 e. The van der Waals surface area contributed by atoms with Gasteiger partial charge in [0.25, 0.3) is 0 Å². The summed E-state index contributed by atoms with van der Waals surface area (Å²) in [4.78, 5) is 33.8. The van der Waals surface area contributed by atoms with Gasteiger partial charge in [0.15, 0.2) is 11.2 Å². The highest BCUT2D eigenvalue weighted by Gasteiger charge is 2.13. The zero-order valence-electron chi connectivity index (χ0n) is 10.7. The number of fused-ring (bicyclic) bond motifs is 1. The third kappa shape index (κ3) is 2.85. The number of hydrogen-bond donors (Lipinski definition) is 2. The van der Waals surface area contributed by atoms with Crippen molar-refractivity contribution in [1.82, 2.24) is 0 Å². The molecule has 1 aromatic carbocycles. The maximum absolute atomic E-state index is 12.0. The van der Waals surface area contributed by atoms with Crippen LogP contribution in [-0.2, 0) is 16.0 Å². The molecular weight excluding hydrogens is 264 g/mol. The summed E-state index contributed by atoms with van der Waals surface area (Å²) in [5.41, 5.74) is 0.409. The molecule has 2 aromatic rings. The van der Waals surface area contributed by atoms with Gasteiger partial charge in [-0.05, 0) is 18.6 Å². The first-order valence-corrected chi connectivity index (χ1v) is 5.86. The monoisotopic (exact) mass is 276 g/mol. The summed E-state index contributed by atoms with van der Waals surface area (Å²) in [6, 6.07) is 3.90. The van der Waals surface area contributed by atoms with Crippen LogP contribution in [0.5, 0.6) is 5.75 Å². The Labute approximate surface area is 113 Å². The quantitative estimate of drug-likeness (QED) is 0.818. The number of carboxylic acid groups (broad SMARTS) is 1. The zero-order valence-corrected chi connectivity index (χ0v) is 10.7. The highest BCUT2D eigenvalue weighted by atomic mass is 16.4. The number of aliphatic carboxylic acids is 1. The van der Waals surface area contributed by atoms with E-state index in [0.717, 1.165) is 0 Å². The average molecular weight is 276 g/mol. The summed E-state index contributed by atoms with van der Waals surface area (Å²) in [6.45, 7) is 1.66. The number of ketones is 1. The van der Waals surface area contributed by atoms with E-state index in [2.05, 4.69) is 0 Å². The molecule has 1 aromatic heterocycles. The van der Waals surface area contributed by atoms with Crippen LogP contribution in [0.1, 0.15) is 17.7 Å². The minimum absolute atomic E-state index is 0.0489. The third-order valence-corrected chi connectivity index (χ3v) is 2.78. The van der Waals surface area contributed by atoms with Crippen molar-refractivity contribution in [1.29, 1.82) is 0 Å². The SMILES string of the molecule is Cc1cc(O)cc2oc(CC(=O)CC(=O)O)cc(=O)c12. The maximum Gasteiger partial charge on any atom is 0.310 e. The van der Waals surface area contributed by atoms with Crippen molar-refractivity contribution in [2.75, 3.05) is 0 Å². The molecule has 0 aliphatic heterocycles. The first kappa shape index (κ1) is 13.8. The van der Waals surface area contributed by atoms with Gasteiger partial charge >= 0.3 is 5.97 Å². The molecule has 0 saturated carbocycles. The molecule has 0 aliphatic rings. The predicted octanol–water partition coefficient (Wildman–Crippen LogP) is 1.39. The van der Waals surface area contributed by atoms with Crippen LogP contribution >= 0.6 is 0 Å². The van der Waals surface area contributed by atoms with Crippen molar-refractivity contribution in [3.63, 3.8) is 0 Å². The van der Waals surface area contributed by atoms with Gasteiger partial charge in [-0.25, -0.2) is 0 Å². The molecule has 0 bridgehead atoms. The Kier molecular flexibility index (Phi) is 3.56. The summed E-state index contributed by atoms with van der Waals surface area (Å²) in [5, 5.41) is 18.3. The van der Waals surface area contributed by atoms with E-state index in [4.69, 9.17) is 9.52 Å². The van der Waals surface area contributed by atoms with Gasteiger partial charge in [-0.2, -0.15) is 0 Å². The van der Waals surface area contributed by atoms with Crippen LogP contribution in [0.3, 0.4) is 0 Å². The standard InChI is InChI=1S/C14H12O6/c1-7-2-8(15)4-12-14(7)11(17)6-10(20-12)3-9(16)5-13(18)19/h2,4,6,15H,3,5H2,1H3,(H,18,19). The van der Waals surface area contributed by atoms with Crippen LogP contribution in [0, 0.1) is 6.92 Å². The molecule has 0 saturated heterocycles. The third-order valence-electron chi connectivity index (χ3n) is 2.78. The number of benzene rings is 1. The number of carbonyl (C=O) groups excluding carboxylic acids is 1. The lowest BCUT2D eigenvalue weighted by Gasteiger charge is -2.05. The minimum atomic E-state index is -1.23. The normalized spacial score (nSPS) is 10.7. The van der Waals surface area contributed by atoms with Crippen LogP contribution in [0.4, 0.5) is 0 Å². The van der Waals surface area contributed by atoms with E-state index in [1.54, 1.807) is 6.92 Å². The lowest BCUT2D eigenvalue weighted by Crippen LogP contribution is -2.11. The van der Waals surface area contributed by atoms with Crippen LogP contribution in [0.2, 0.25) is 0 Å². The van der Waals surface area contributed by atoms with E-state index >= 15 is 0 Å². The number of carbonyl (C=O) groups is 2. The fraction of sp³-hybridized carbons (Fsp3) is 0.214. The number of hydrogen-bond acceptors (Lipinski definition) is 5. The number of rotatable bonds is 4. The summed E-state index contributed by atoms with van der Waals surface area (Å²) >= 11 is 0. The van der Waals surface area contributed by atoms with E-state index in [1.165, 1.54) is 18.2 Å². The molecule has 0 fully saturated rings. The van der Waals surface area contributed by atoms with Gasteiger partial charge in [-0.1, -0.05) is 0 Å². The Morgan fingerprint density at radius 1 is 1.25 bits per heavy atom. The highest BCUT2D eigenvalue weighted by molar-refractivity contribution is 5.95.